The van der Waals surface area contributed by atoms with Gasteiger partial charge in [-0.25, -0.2) is 0 Å². The van der Waals surface area contributed by atoms with Crippen LogP contribution in [0.2, 0.25) is 0 Å². The van der Waals surface area contributed by atoms with E-state index in [9.17, 15) is 0 Å². The zero-order valence-corrected chi connectivity index (χ0v) is 11.3. The number of methoxy groups -OCH3 is 2. The number of hydrogen-bond acceptors (Lipinski definition) is 3. The summed E-state index contributed by atoms with van der Waals surface area (Å²) in [4.78, 5) is 0. The van der Waals surface area contributed by atoms with Gasteiger partial charge in [0, 0.05) is 18.1 Å². The fourth-order valence-electron chi connectivity index (χ4n) is 1.46. The summed E-state index contributed by atoms with van der Waals surface area (Å²) < 4.78 is 11.4. The Hall–Kier alpha value is -0.580. The molecule has 3 nitrogen and oxygen atoms in total. The van der Waals surface area contributed by atoms with Crippen LogP contribution in [-0.2, 0) is 11.2 Å². The number of benzene rings is 1. The second-order valence-electron chi connectivity index (χ2n) is 3.45. The Kier molecular flexibility index (Phi) is 6.45. The third-order valence-corrected chi connectivity index (χ3v) is 2.79. The van der Waals surface area contributed by atoms with E-state index in [1.54, 1.807) is 14.2 Å². The van der Waals surface area contributed by atoms with Crippen molar-refractivity contribution in [2.75, 3.05) is 33.9 Å². The monoisotopic (exact) mass is 287 g/mol. The first-order valence-electron chi connectivity index (χ1n) is 5.30. The maximum atomic E-state index is 5.31. The van der Waals surface area contributed by atoms with Crippen LogP contribution in [0.15, 0.2) is 22.7 Å². The van der Waals surface area contributed by atoms with Crippen LogP contribution in [-0.4, -0.2) is 33.9 Å². The van der Waals surface area contributed by atoms with Crippen molar-refractivity contribution in [3.63, 3.8) is 0 Å². The van der Waals surface area contributed by atoms with Crippen LogP contribution in [0.1, 0.15) is 5.56 Å². The summed E-state index contributed by atoms with van der Waals surface area (Å²) in [6, 6.07) is 6.06. The van der Waals surface area contributed by atoms with Crippen LogP contribution in [0.25, 0.3) is 0 Å². The molecule has 0 aliphatic rings. The summed E-state index contributed by atoms with van der Waals surface area (Å²) in [5, 5.41) is 3.31. The van der Waals surface area contributed by atoms with E-state index in [0.29, 0.717) is 0 Å². The van der Waals surface area contributed by atoms with E-state index in [1.807, 2.05) is 12.1 Å². The van der Waals surface area contributed by atoms with Gasteiger partial charge in [-0.1, -0.05) is 15.9 Å². The molecule has 0 aliphatic carbocycles. The standard InChI is InChI=1S/C12H18BrNO2/c1-15-8-7-14-6-5-10-9-11(13)3-4-12(10)16-2/h3-4,9,14H,5-8H2,1-2H3. The molecule has 0 bridgehead atoms. The molecule has 0 unspecified atom stereocenters. The van der Waals surface area contributed by atoms with Gasteiger partial charge in [-0.2, -0.15) is 0 Å². The predicted octanol–water partition coefficient (Wildman–Crippen LogP) is 2.24. The number of halogens is 1. The van der Waals surface area contributed by atoms with Crippen LogP contribution in [0.3, 0.4) is 0 Å². The SMILES string of the molecule is COCCNCCc1cc(Br)ccc1OC. The Bertz CT molecular complexity index is 318. The minimum Gasteiger partial charge on any atom is -0.496 e. The quantitative estimate of drug-likeness (QED) is 0.781. The molecule has 0 amide bonds. The fraction of sp³-hybridized carbons (Fsp3) is 0.500. The zero-order chi connectivity index (χ0) is 11.8. The van der Waals surface area contributed by atoms with E-state index in [2.05, 4.69) is 27.3 Å². The van der Waals surface area contributed by atoms with Crippen LogP contribution >= 0.6 is 15.9 Å². The van der Waals surface area contributed by atoms with Gasteiger partial charge in [0.05, 0.1) is 13.7 Å². The summed E-state index contributed by atoms with van der Waals surface area (Å²) >= 11 is 3.46. The summed E-state index contributed by atoms with van der Waals surface area (Å²) in [6.45, 7) is 2.55. The molecule has 4 heteroatoms. The van der Waals surface area contributed by atoms with Gasteiger partial charge in [-0.15, -0.1) is 0 Å². The minimum absolute atomic E-state index is 0.746. The third-order valence-electron chi connectivity index (χ3n) is 2.30. The molecule has 0 radical (unpaired) electrons. The van der Waals surface area contributed by atoms with Gasteiger partial charge in [0.15, 0.2) is 0 Å². The second kappa shape index (κ2) is 7.65. The van der Waals surface area contributed by atoms with E-state index in [1.165, 1.54) is 5.56 Å². The molecule has 1 N–H and O–H groups in total. The molecule has 0 aliphatic heterocycles. The molecular formula is C12H18BrNO2. The van der Waals surface area contributed by atoms with Crippen molar-refractivity contribution in [1.29, 1.82) is 0 Å². The largest absolute Gasteiger partial charge is 0.496 e. The average molecular weight is 288 g/mol. The molecule has 90 valence electrons. The lowest BCUT2D eigenvalue weighted by molar-refractivity contribution is 0.199. The van der Waals surface area contributed by atoms with E-state index in [4.69, 9.17) is 9.47 Å². The van der Waals surface area contributed by atoms with Crippen LogP contribution in [0.4, 0.5) is 0 Å². The summed E-state index contributed by atoms with van der Waals surface area (Å²) in [5.41, 5.74) is 1.21. The Balaban J connectivity index is 2.42. The summed E-state index contributed by atoms with van der Waals surface area (Å²) in [6.07, 6.45) is 0.951. The highest BCUT2D eigenvalue weighted by molar-refractivity contribution is 9.10. The molecule has 1 rings (SSSR count). The number of nitrogens with one attached hydrogen (secondary N) is 1. The van der Waals surface area contributed by atoms with Crippen molar-refractivity contribution >= 4 is 15.9 Å². The van der Waals surface area contributed by atoms with Crippen molar-refractivity contribution in [3.05, 3.63) is 28.2 Å². The van der Waals surface area contributed by atoms with Gasteiger partial charge >= 0.3 is 0 Å². The molecule has 0 spiro atoms. The third kappa shape index (κ3) is 4.51. The molecule has 0 saturated heterocycles. The molecule has 0 heterocycles. The maximum absolute atomic E-state index is 5.31. The number of rotatable bonds is 7. The summed E-state index contributed by atoms with van der Waals surface area (Å²) in [7, 11) is 3.41. The van der Waals surface area contributed by atoms with Crippen molar-refractivity contribution in [2.24, 2.45) is 0 Å². The van der Waals surface area contributed by atoms with Crippen molar-refractivity contribution in [3.8, 4) is 5.75 Å². The Morgan fingerprint density at radius 2 is 2.06 bits per heavy atom. The topological polar surface area (TPSA) is 30.5 Å². The van der Waals surface area contributed by atoms with Gasteiger partial charge in [-0.05, 0) is 36.7 Å². The molecular weight excluding hydrogens is 270 g/mol. The Morgan fingerprint density at radius 3 is 2.75 bits per heavy atom. The Morgan fingerprint density at radius 1 is 1.25 bits per heavy atom. The van der Waals surface area contributed by atoms with Crippen LogP contribution in [0, 0.1) is 0 Å². The highest BCUT2D eigenvalue weighted by Crippen LogP contribution is 2.22. The highest BCUT2D eigenvalue weighted by Gasteiger charge is 2.02. The van der Waals surface area contributed by atoms with E-state index >= 15 is 0 Å². The van der Waals surface area contributed by atoms with Crippen LogP contribution < -0.4 is 10.1 Å². The zero-order valence-electron chi connectivity index (χ0n) is 9.75. The molecule has 1 aromatic rings. The lowest BCUT2D eigenvalue weighted by atomic mass is 10.1. The first kappa shape index (κ1) is 13.5. The van der Waals surface area contributed by atoms with E-state index in [-0.39, 0.29) is 0 Å². The van der Waals surface area contributed by atoms with Crippen molar-refractivity contribution < 1.29 is 9.47 Å². The lowest BCUT2D eigenvalue weighted by Gasteiger charge is -2.09. The average Bonchev–Trinajstić information content (AvgIpc) is 2.29. The van der Waals surface area contributed by atoms with Crippen LogP contribution in [0.5, 0.6) is 5.75 Å². The van der Waals surface area contributed by atoms with Gasteiger partial charge in [-0.3, -0.25) is 0 Å². The first-order valence-corrected chi connectivity index (χ1v) is 6.09. The Labute approximate surface area is 105 Å². The lowest BCUT2D eigenvalue weighted by Crippen LogP contribution is -2.21. The van der Waals surface area contributed by atoms with Gasteiger partial charge in [0.25, 0.3) is 0 Å². The van der Waals surface area contributed by atoms with Gasteiger partial charge in [0.1, 0.15) is 5.75 Å². The summed E-state index contributed by atoms with van der Waals surface area (Å²) in [5.74, 6) is 0.941. The smallest absolute Gasteiger partial charge is 0.122 e. The molecule has 0 fully saturated rings. The molecule has 16 heavy (non-hydrogen) atoms. The predicted molar refractivity (Wildman–Crippen MR) is 69.1 cm³/mol. The van der Waals surface area contributed by atoms with Gasteiger partial charge in [0.2, 0.25) is 0 Å². The molecule has 0 saturated carbocycles. The van der Waals surface area contributed by atoms with E-state index < -0.39 is 0 Å². The second-order valence-corrected chi connectivity index (χ2v) is 4.36. The van der Waals surface area contributed by atoms with Crippen molar-refractivity contribution in [1.82, 2.24) is 5.32 Å². The first-order chi connectivity index (χ1) is 7.77. The minimum atomic E-state index is 0.746. The normalized spacial score (nSPS) is 10.4. The van der Waals surface area contributed by atoms with Gasteiger partial charge < -0.3 is 14.8 Å². The van der Waals surface area contributed by atoms with E-state index in [0.717, 1.165) is 36.3 Å². The molecule has 0 aromatic heterocycles. The molecule has 1 aromatic carbocycles. The maximum Gasteiger partial charge on any atom is 0.122 e. The number of hydrogen-bond donors (Lipinski definition) is 1. The van der Waals surface area contributed by atoms with Crippen molar-refractivity contribution in [2.45, 2.75) is 6.42 Å². The molecule has 0 atom stereocenters. The highest BCUT2D eigenvalue weighted by atomic mass is 79.9. The number of ether oxygens (including phenoxy) is 2. The fourth-order valence-corrected chi connectivity index (χ4v) is 1.87.